The summed E-state index contributed by atoms with van der Waals surface area (Å²) in [6.45, 7) is 2.26. The monoisotopic (exact) mass is 470 g/mol. The fourth-order valence-electron chi connectivity index (χ4n) is 2.53. The molecule has 0 atom stereocenters. The minimum atomic E-state index is -0.200. The highest BCUT2D eigenvalue weighted by atomic mass is 127. The maximum Gasteiger partial charge on any atom is 0.191 e. The molecule has 26 heavy (non-hydrogen) atoms. The van der Waals surface area contributed by atoms with E-state index in [1.54, 1.807) is 19.2 Å². The van der Waals surface area contributed by atoms with Crippen molar-refractivity contribution in [1.29, 1.82) is 0 Å². The van der Waals surface area contributed by atoms with Crippen molar-refractivity contribution in [2.45, 2.75) is 19.4 Å². The molecule has 4 nitrogen and oxygen atoms in total. The Morgan fingerprint density at radius 1 is 1.00 bits per heavy atom. The molecule has 0 radical (unpaired) electrons. The average Bonchev–Trinajstić information content (AvgIpc) is 2.65. The van der Waals surface area contributed by atoms with Crippen LogP contribution in [0.2, 0.25) is 0 Å². The number of hydrogen-bond acceptors (Lipinski definition) is 2. The lowest BCUT2D eigenvalue weighted by Gasteiger charge is -2.19. The molecule has 0 amide bonds. The minimum absolute atomic E-state index is 0. The second-order valence-corrected chi connectivity index (χ2v) is 5.91. The summed E-state index contributed by atoms with van der Waals surface area (Å²) in [4.78, 5) is 6.43. The van der Waals surface area contributed by atoms with E-state index >= 15 is 0 Å². The highest BCUT2D eigenvalue weighted by Crippen LogP contribution is 2.11. The first-order chi connectivity index (χ1) is 12.2. The van der Waals surface area contributed by atoms with E-state index < -0.39 is 0 Å². The standard InChI is InChI=1S/C20H27FN4.HI/c1-22-20(24-16-17-10-6-7-13-19(17)21)23-14-8-9-15-25(2)18-11-4-3-5-12-18;/h3-7,10-13H,8-9,14-16H2,1-2H3,(H2,22,23,24);1H. The number of guanidine groups is 1. The molecule has 2 N–H and O–H groups in total. The lowest BCUT2D eigenvalue weighted by Crippen LogP contribution is -2.37. The number of benzene rings is 2. The number of nitrogens with one attached hydrogen (secondary N) is 2. The van der Waals surface area contributed by atoms with Gasteiger partial charge in [0.25, 0.3) is 0 Å². The summed E-state index contributed by atoms with van der Waals surface area (Å²) in [6.07, 6.45) is 2.13. The topological polar surface area (TPSA) is 39.7 Å². The third-order valence-electron chi connectivity index (χ3n) is 4.04. The van der Waals surface area contributed by atoms with Crippen molar-refractivity contribution in [3.8, 4) is 0 Å². The van der Waals surface area contributed by atoms with Gasteiger partial charge in [0.1, 0.15) is 5.82 Å². The Morgan fingerprint density at radius 3 is 2.38 bits per heavy atom. The molecule has 6 heteroatoms. The van der Waals surface area contributed by atoms with Gasteiger partial charge in [-0.15, -0.1) is 24.0 Å². The zero-order valence-corrected chi connectivity index (χ0v) is 17.7. The van der Waals surface area contributed by atoms with Crippen LogP contribution in [0.15, 0.2) is 59.6 Å². The maximum absolute atomic E-state index is 13.6. The summed E-state index contributed by atoms with van der Waals surface area (Å²) in [6, 6.07) is 17.1. The van der Waals surface area contributed by atoms with Crippen LogP contribution in [0.5, 0.6) is 0 Å². The lowest BCUT2D eigenvalue weighted by molar-refractivity contribution is 0.604. The molecule has 0 aliphatic carbocycles. The van der Waals surface area contributed by atoms with Crippen LogP contribution >= 0.6 is 24.0 Å². The molecular weight excluding hydrogens is 442 g/mol. The molecule has 2 rings (SSSR count). The molecule has 0 saturated carbocycles. The van der Waals surface area contributed by atoms with E-state index in [1.165, 1.54) is 11.8 Å². The molecule has 0 aliphatic heterocycles. The van der Waals surface area contributed by atoms with Gasteiger partial charge in [0.05, 0.1) is 0 Å². The van der Waals surface area contributed by atoms with Crippen LogP contribution in [0.25, 0.3) is 0 Å². The van der Waals surface area contributed by atoms with Crippen LogP contribution in [0.1, 0.15) is 18.4 Å². The van der Waals surface area contributed by atoms with Crippen LogP contribution in [-0.2, 0) is 6.54 Å². The number of unbranched alkanes of at least 4 members (excludes halogenated alkanes) is 1. The van der Waals surface area contributed by atoms with Crippen LogP contribution in [0.4, 0.5) is 10.1 Å². The van der Waals surface area contributed by atoms with Crippen LogP contribution in [0, 0.1) is 5.82 Å². The summed E-state index contributed by atoms with van der Waals surface area (Å²) in [5.41, 5.74) is 1.87. The molecule has 0 bridgehead atoms. The molecule has 0 aromatic heterocycles. The minimum Gasteiger partial charge on any atom is -0.375 e. The van der Waals surface area contributed by atoms with Gasteiger partial charge >= 0.3 is 0 Å². The predicted octanol–water partition coefficient (Wildman–Crippen LogP) is 4.03. The first-order valence-electron chi connectivity index (χ1n) is 8.65. The van der Waals surface area contributed by atoms with Crippen molar-refractivity contribution in [3.63, 3.8) is 0 Å². The van der Waals surface area contributed by atoms with Gasteiger partial charge < -0.3 is 15.5 Å². The van der Waals surface area contributed by atoms with E-state index in [4.69, 9.17) is 0 Å². The SMILES string of the molecule is CN=C(NCCCCN(C)c1ccccc1)NCc1ccccc1F.I. The normalized spacial score (nSPS) is 10.8. The quantitative estimate of drug-likeness (QED) is 0.265. The van der Waals surface area contributed by atoms with Gasteiger partial charge in [0.15, 0.2) is 5.96 Å². The van der Waals surface area contributed by atoms with Gasteiger partial charge in [-0.1, -0.05) is 36.4 Å². The molecule has 2 aromatic carbocycles. The van der Waals surface area contributed by atoms with Crippen LogP contribution in [-0.4, -0.2) is 33.1 Å². The Bertz CT molecular complexity index is 664. The van der Waals surface area contributed by atoms with Crippen molar-refractivity contribution in [3.05, 3.63) is 66.0 Å². The Hall–Kier alpha value is -1.83. The summed E-state index contributed by atoms with van der Waals surface area (Å²) in [5.74, 6) is 0.495. The average molecular weight is 470 g/mol. The van der Waals surface area contributed by atoms with E-state index in [-0.39, 0.29) is 29.8 Å². The molecule has 2 aromatic rings. The number of rotatable bonds is 8. The predicted molar refractivity (Wildman–Crippen MR) is 119 cm³/mol. The lowest BCUT2D eigenvalue weighted by atomic mass is 10.2. The van der Waals surface area contributed by atoms with Crippen molar-refractivity contribution in [1.82, 2.24) is 10.6 Å². The van der Waals surface area contributed by atoms with Gasteiger partial charge in [0.2, 0.25) is 0 Å². The summed E-state index contributed by atoms with van der Waals surface area (Å²) >= 11 is 0. The van der Waals surface area contributed by atoms with Crippen molar-refractivity contribution in [2.24, 2.45) is 4.99 Å². The molecule has 0 unspecified atom stereocenters. The number of aliphatic imine (C=N–C) groups is 1. The van der Waals surface area contributed by atoms with E-state index in [1.807, 2.05) is 12.1 Å². The van der Waals surface area contributed by atoms with Crippen molar-refractivity contribution >= 4 is 35.6 Å². The molecule has 0 saturated heterocycles. The molecule has 0 spiro atoms. The Labute approximate surface area is 172 Å². The van der Waals surface area contributed by atoms with E-state index in [0.717, 1.165) is 25.9 Å². The molecule has 0 fully saturated rings. The zero-order chi connectivity index (χ0) is 17.9. The third-order valence-corrected chi connectivity index (χ3v) is 4.04. The zero-order valence-electron chi connectivity index (χ0n) is 15.4. The number of halogens is 2. The molecular formula is C20H28FIN4. The molecule has 0 heterocycles. The summed E-state index contributed by atoms with van der Waals surface area (Å²) in [7, 11) is 3.83. The van der Waals surface area contributed by atoms with E-state index in [0.29, 0.717) is 18.1 Å². The Morgan fingerprint density at radius 2 is 1.69 bits per heavy atom. The second kappa shape index (κ2) is 12.5. The Balaban J connectivity index is 0.00000338. The molecule has 0 aliphatic rings. The molecule has 142 valence electrons. The van der Waals surface area contributed by atoms with Crippen molar-refractivity contribution in [2.75, 3.05) is 32.1 Å². The van der Waals surface area contributed by atoms with Crippen LogP contribution < -0.4 is 15.5 Å². The van der Waals surface area contributed by atoms with Crippen molar-refractivity contribution < 1.29 is 4.39 Å². The van der Waals surface area contributed by atoms with Gasteiger partial charge in [-0.05, 0) is 31.0 Å². The number of para-hydroxylation sites is 1. The number of anilines is 1. The highest BCUT2D eigenvalue weighted by Gasteiger charge is 2.03. The van der Waals surface area contributed by atoms with Gasteiger partial charge in [-0.25, -0.2) is 4.39 Å². The maximum atomic E-state index is 13.6. The van der Waals surface area contributed by atoms with Gasteiger partial charge in [-0.3, -0.25) is 4.99 Å². The largest absolute Gasteiger partial charge is 0.375 e. The van der Waals surface area contributed by atoms with Gasteiger partial charge in [-0.2, -0.15) is 0 Å². The fraction of sp³-hybridized carbons (Fsp3) is 0.350. The second-order valence-electron chi connectivity index (χ2n) is 5.91. The fourth-order valence-corrected chi connectivity index (χ4v) is 2.53. The van der Waals surface area contributed by atoms with E-state index in [9.17, 15) is 4.39 Å². The Kier molecular flexibility index (Phi) is 10.7. The number of nitrogens with zero attached hydrogens (tertiary/aromatic N) is 2. The summed E-state index contributed by atoms with van der Waals surface area (Å²) in [5, 5.41) is 6.41. The highest BCUT2D eigenvalue weighted by molar-refractivity contribution is 14.0. The summed E-state index contributed by atoms with van der Waals surface area (Å²) < 4.78 is 13.6. The third kappa shape index (κ3) is 7.59. The first kappa shape index (κ1) is 22.2. The number of hydrogen-bond donors (Lipinski definition) is 2. The van der Waals surface area contributed by atoms with Crippen LogP contribution in [0.3, 0.4) is 0 Å². The first-order valence-corrected chi connectivity index (χ1v) is 8.65. The smallest absolute Gasteiger partial charge is 0.191 e. The van der Waals surface area contributed by atoms with Gasteiger partial charge in [0, 0.05) is 45.0 Å². The van der Waals surface area contributed by atoms with E-state index in [2.05, 4.69) is 51.8 Å².